The Morgan fingerprint density at radius 1 is 0.958 bits per heavy atom. The van der Waals surface area contributed by atoms with Crippen LogP contribution in [0.3, 0.4) is 0 Å². The SMILES string of the molecule is Cc1ncsc1-c1ccc(CNC(=O)[C@@H]2C[C@@H](O)CN2C(=O)[C@@H](NC(=O)COCCCOc2ccc(-c3ccc(N4C(=S)N(c5ccc(C#N)c(C(F)(F)F)c5)C(=O)C4(C)C)cc3)cc2)C(C)(C)C)cc1. The van der Waals surface area contributed by atoms with Crippen LogP contribution in [0.1, 0.15) is 69.8 Å². The topological polar surface area (TPSA) is 177 Å². The highest BCUT2D eigenvalue weighted by Crippen LogP contribution is 2.40. The smallest absolute Gasteiger partial charge is 0.417 e. The molecule has 19 heteroatoms. The van der Waals surface area contributed by atoms with E-state index in [1.807, 2.05) is 76.2 Å². The van der Waals surface area contributed by atoms with Gasteiger partial charge in [0, 0.05) is 31.6 Å². The number of thiazole rings is 1. The van der Waals surface area contributed by atoms with Gasteiger partial charge >= 0.3 is 6.18 Å². The van der Waals surface area contributed by atoms with E-state index >= 15 is 0 Å². The Hall–Kier alpha value is -6.72. The zero-order valence-electron chi connectivity index (χ0n) is 40.0. The second-order valence-corrected chi connectivity index (χ2v) is 20.1. The highest BCUT2D eigenvalue weighted by atomic mass is 32.1. The molecule has 0 bridgehead atoms. The first-order valence-electron chi connectivity index (χ1n) is 22.8. The van der Waals surface area contributed by atoms with E-state index in [9.17, 15) is 42.7 Å². The van der Waals surface area contributed by atoms with Gasteiger partial charge in [0.05, 0.1) is 58.3 Å². The average molecular weight is 1010 g/mol. The lowest BCUT2D eigenvalue weighted by Gasteiger charge is -2.35. The van der Waals surface area contributed by atoms with Crippen molar-refractivity contribution in [1.82, 2.24) is 20.5 Å². The summed E-state index contributed by atoms with van der Waals surface area (Å²) in [4.78, 5) is 63.6. The van der Waals surface area contributed by atoms with Crippen molar-refractivity contribution in [3.8, 4) is 33.4 Å². The van der Waals surface area contributed by atoms with Crippen molar-refractivity contribution in [3.05, 3.63) is 119 Å². The molecule has 372 valence electrons. The Morgan fingerprint density at radius 2 is 1.59 bits per heavy atom. The van der Waals surface area contributed by atoms with E-state index in [1.54, 1.807) is 65.9 Å². The van der Waals surface area contributed by atoms with Gasteiger partial charge in [-0.25, -0.2) is 4.98 Å². The number of hydrogen-bond donors (Lipinski definition) is 3. The number of halogens is 3. The van der Waals surface area contributed by atoms with Crippen LogP contribution < -0.4 is 25.2 Å². The fraction of sp³-hybridized carbons (Fsp3) is 0.365. The van der Waals surface area contributed by atoms with Crippen molar-refractivity contribution in [1.29, 1.82) is 5.26 Å². The van der Waals surface area contributed by atoms with Gasteiger partial charge in [-0.05, 0) is 103 Å². The van der Waals surface area contributed by atoms with E-state index in [0.717, 1.165) is 49.9 Å². The number of nitrogens with zero attached hydrogens (tertiary/aromatic N) is 5. The number of amides is 4. The first kappa shape index (κ1) is 52.1. The summed E-state index contributed by atoms with van der Waals surface area (Å²) in [5, 5.41) is 25.5. The second-order valence-electron chi connectivity index (χ2n) is 18.9. The molecule has 14 nitrogen and oxygen atoms in total. The van der Waals surface area contributed by atoms with Crippen LogP contribution in [0.4, 0.5) is 24.5 Å². The van der Waals surface area contributed by atoms with Crippen molar-refractivity contribution < 1.29 is 46.9 Å². The third kappa shape index (κ3) is 11.7. The molecule has 3 heterocycles. The van der Waals surface area contributed by atoms with Crippen molar-refractivity contribution in [2.24, 2.45) is 5.41 Å². The van der Waals surface area contributed by atoms with Gasteiger partial charge in [-0.2, -0.15) is 18.4 Å². The second kappa shape index (κ2) is 21.3. The molecule has 7 rings (SSSR count). The summed E-state index contributed by atoms with van der Waals surface area (Å²) < 4.78 is 52.8. The van der Waals surface area contributed by atoms with Gasteiger partial charge < -0.3 is 35.0 Å². The maximum absolute atomic E-state index is 14.0. The Kier molecular flexibility index (Phi) is 15.7. The molecule has 3 atom stereocenters. The number of thiocarbonyl (C=S) groups is 1. The first-order valence-corrected chi connectivity index (χ1v) is 24.1. The largest absolute Gasteiger partial charge is 0.494 e. The number of aliphatic hydroxyl groups excluding tert-OH is 1. The van der Waals surface area contributed by atoms with Gasteiger partial charge in [0.15, 0.2) is 5.11 Å². The minimum absolute atomic E-state index is 0.00330. The van der Waals surface area contributed by atoms with Crippen LogP contribution in [-0.2, 0) is 36.6 Å². The monoisotopic (exact) mass is 1010 g/mol. The number of rotatable bonds is 16. The number of carbonyl (C=O) groups excluding carboxylic acids is 4. The summed E-state index contributed by atoms with van der Waals surface area (Å²) in [6.07, 6.45) is -5.18. The molecule has 2 aliphatic rings. The molecule has 2 fully saturated rings. The Morgan fingerprint density at radius 3 is 2.20 bits per heavy atom. The van der Waals surface area contributed by atoms with Crippen LogP contribution in [0.5, 0.6) is 5.75 Å². The van der Waals surface area contributed by atoms with Gasteiger partial charge in [0.1, 0.15) is 30.0 Å². The van der Waals surface area contributed by atoms with Crippen molar-refractivity contribution in [2.75, 3.05) is 36.2 Å². The number of nitrogens with one attached hydrogen (secondary N) is 2. The van der Waals surface area contributed by atoms with E-state index in [0.29, 0.717) is 24.5 Å². The number of alkyl halides is 3. The zero-order chi connectivity index (χ0) is 51.4. The number of likely N-dealkylation sites (tertiary alicyclic amines) is 1. The van der Waals surface area contributed by atoms with E-state index in [4.69, 9.17) is 21.7 Å². The average Bonchev–Trinajstić information content (AvgIpc) is 4.00. The van der Waals surface area contributed by atoms with Crippen LogP contribution in [0.15, 0.2) is 96.5 Å². The van der Waals surface area contributed by atoms with Crippen LogP contribution in [0, 0.1) is 23.7 Å². The van der Waals surface area contributed by atoms with Crippen LogP contribution >= 0.6 is 23.6 Å². The Bertz CT molecular complexity index is 2820. The molecule has 0 unspecified atom stereocenters. The zero-order valence-corrected chi connectivity index (χ0v) is 41.6. The third-order valence-corrected chi connectivity index (χ3v) is 13.7. The maximum Gasteiger partial charge on any atom is 0.417 e. The predicted octanol–water partition coefficient (Wildman–Crippen LogP) is 8.19. The molecule has 0 radical (unpaired) electrons. The third-order valence-electron chi connectivity index (χ3n) is 12.3. The molecule has 4 aromatic carbocycles. The summed E-state index contributed by atoms with van der Waals surface area (Å²) in [5.74, 6) is -1.29. The molecule has 4 amide bonds. The van der Waals surface area contributed by atoms with Crippen molar-refractivity contribution in [2.45, 2.75) is 90.8 Å². The van der Waals surface area contributed by atoms with E-state index in [1.165, 1.54) is 11.0 Å². The lowest BCUT2D eigenvalue weighted by atomic mass is 9.85. The van der Waals surface area contributed by atoms with Crippen molar-refractivity contribution in [3.63, 3.8) is 0 Å². The fourth-order valence-electron chi connectivity index (χ4n) is 8.50. The van der Waals surface area contributed by atoms with E-state index in [-0.39, 0.29) is 43.5 Å². The Balaban J connectivity index is 0.860. The van der Waals surface area contributed by atoms with Gasteiger partial charge in [-0.3, -0.25) is 24.1 Å². The molecule has 2 aliphatic heterocycles. The van der Waals surface area contributed by atoms with Gasteiger partial charge in [-0.1, -0.05) is 69.3 Å². The van der Waals surface area contributed by atoms with Crippen LogP contribution in [-0.4, -0.2) is 93.8 Å². The van der Waals surface area contributed by atoms with Gasteiger partial charge in [0.25, 0.3) is 5.91 Å². The molecular weight excluding hydrogens is 956 g/mol. The van der Waals surface area contributed by atoms with Crippen LogP contribution in [0.25, 0.3) is 21.6 Å². The quantitative estimate of drug-likeness (QED) is 0.0642. The van der Waals surface area contributed by atoms with E-state index in [2.05, 4.69) is 15.6 Å². The number of aryl methyl sites for hydroxylation is 1. The van der Waals surface area contributed by atoms with Gasteiger partial charge in [0.2, 0.25) is 17.7 Å². The number of carbonyl (C=O) groups is 4. The summed E-state index contributed by atoms with van der Waals surface area (Å²) in [5.41, 5.74) is 3.14. The number of hydrogen-bond acceptors (Lipinski definition) is 11. The lowest BCUT2D eigenvalue weighted by molar-refractivity contribution is -0.144. The Labute approximate surface area is 419 Å². The minimum Gasteiger partial charge on any atom is -0.494 e. The van der Waals surface area contributed by atoms with E-state index < -0.39 is 70.1 Å². The summed E-state index contributed by atoms with van der Waals surface area (Å²) in [7, 11) is 0. The number of aliphatic hydroxyl groups is 1. The predicted molar refractivity (Wildman–Crippen MR) is 267 cm³/mol. The molecule has 3 N–H and O–H groups in total. The number of aromatic nitrogens is 1. The molecule has 0 aliphatic carbocycles. The molecule has 71 heavy (non-hydrogen) atoms. The summed E-state index contributed by atoms with van der Waals surface area (Å²) in [6.45, 7) is 11.0. The highest BCUT2D eigenvalue weighted by molar-refractivity contribution is 7.81. The molecule has 5 aromatic rings. The standard InChI is InChI=1S/C52H54F3N7O7S2/c1-31-44(71-30-58-31)35-10-8-32(9-11-35)27-57-46(65)42-25-39(63)28-60(42)47(66)45(50(2,3)4)59-43(64)29-68-22-7-23-69-40-20-15-34(16-21-40)33-12-17-37(18-13-33)62-49(70)61(48(67)51(62,5)6)38-19-14-36(26-56)41(24-38)52(53,54)55/h8-21,24,30,39,42,45,63H,7,22-23,25,27-29H2,1-6H3,(H,57,65)(H,59,64)/t39-,42+,45-/m1/s1. The van der Waals surface area contributed by atoms with Crippen LogP contribution in [0.2, 0.25) is 0 Å². The number of anilines is 2. The number of ether oxygens (including phenoxy) is 2. The normalized spacial score (nSPS) is 17.3. The fourth-order valence-corrected chi connectivity index (χ4v) is 9.84. The summed E-state index contributed by atoms with van der Waals surface area (Å²) in [6, 6.07) is 25.1. The first-order chi connectivity index (χ1) is 33.6. The molecule has 1 aromatic heterocycles. The van der Waals surface area contributed by atoms with Gasteiger partial charge in [-0.15, -0.1) is 11.3 Å². The number of benzene rings is 4. The number of nitriles is 1. The highest BCUT2D eigenvalue weighted by Gasteiger charge is 2.51. The molecule has 2 saturated heterocycles. The minimum atomic E-state index is -4.81. The van der Waals surface area contributed by atoms with Crippen molar-refractivity contribution >= 4 is 63.7 Å². The lowest BCUT2D eigenvalue weighted by Crippen LogP contribution is -2.58. The maximum atomic E-state index is 14.0. The molecule has 0 spiro atoms. The summed E-state index contributed by atoms with van der Waals surface area (Å²) >= 11 is 7.23. The molecular formula is C52H54F3N7O7S2. The number of β-amino-alcohol motifs (C(OH)–C–C–N with tert-alkyl or cyclic N) is 1. The molecule has 0 saturated carbocycles.